The fourth-order valence-electron chi connectivity index (χ4n) is 5.39. The first-order valence-corrected chi connectivity index (χ1v) is 15.1. The molecule has 1 N–H and O–H groups in total. The molecule has 0 unspecified atom stereocenters. The second-order valence-corrected chi connectivity index (χ2v) is 11.9. The van der Waals surface area contributed by atoms with Crippen LogP contribution < -0.4 is 15.0 Å². The van der Waals surface area contributed by atoms with Gasteiger partial charge in [0.05, 0.1) is 34.8 Å². The summed E-state index contributed by atoms with van der Waals surface area (Å²) in [4.78, 5) is 30.8. The third-order valence-corrected chi connectivity index (χ3v) is 9.42. The van der Waals surface area contributed by atoms with Gasteiger partial charge in [-0.3, -0.25) is 9.69 Å². The first-order valence-electron chi connectivity index (χ1n) is 13.5. The Labute approximate surface area is 253 Å². The number of nitrogens with zero attached hydrogens (tertiary/aromatic N) is 5. The number of rotatable bonds is 7. The van der Waals surface area contributed by atoms with E-state index in [2.05, 4.69) is 31.2 Å². The Hall–Kier alpha value is -3.37. The molecular formula is C30H30Cl2N6O2S. The van der Waals surface area contributed by atoms with Crippen molar-refractivity contribution < 1.29 is 9.53 Å². The van der Waals surface area contributed by atoms with Gasteiger partial charge in [-0.1, -0.05) is 41.4 Å². The Morgan fingerprint density at radius 3 is 2.71 bits per heavy atom. The van der Waals surface area contributed by atoms with Crippen molar-refractivity contribution in [2.75, 3.05) is 56.6 Å². The number of hydrogen-bond donors (Lipinski definition) is 1. The number of carbonyl (C=O) groups is 1. The van der Waals surface area contributed by atoms with E-state index in [1.807, 2.05) is 35.2 Å². The molecule has 0 atom stereocenters. The summed E-state index contributed by atoms with van der Waals surface area (Å²) < 4.78 is 5.52. The van der Waals surface area contributed by atoms with Crippen LogP contribution in [0.5, 0.6) is 5.75 Å². The van der Waals surface area contributed by atoms with Gasteiger partial charge in [0.1, 0.15) is 22.7 Å². The SMILES string of the molecule is COc1ccccc1N1CCN(C/C=C/C(=O)N2CCc3c(sc4ncnc(Nc5ccc(Cl)c(Cl)c5)c34)C2)CC1. The number of halogens is 2. The van der Waals surface area contributed by atoms with Crippen molar-refractivity contribution >= 4 is 67.9 Å². The van der Waals surface area contributed by atoms with Crippen LogP contribution in [0.4, 0.5) is 17.2 Å². The van der Waals surface area contributed by atoms with Crippen LogP contribution >= 0.6 is 34.5 Å². The highest BCUT2D eigenvalue weighted by Gasteiger charge is 2.26. The van der Waals surface area contributed by atoms with Crippen LogP contribution in [0.25, 0.3) is 10.2 Å². The topological polar surface area (TPSA) is 73.8 Å². The summed E-state index contributed by atoms with van der Waals surface area (Å²) in [5.74, 6) is 1.68. The summed E-state index contributed by atoms with van der Waals surface area (Å²) in [7, 11) is 1.71. The number of amides is 1. The number of nitrogens with one attached hydrogen (secondary N) is 1. The van der Waals surface area contributed by atoms with Crippen molar-refractivity contribution in [1.82, 2.24) is 19.8 Å². The summed E-state index contributed by atoms with van der Waals surface area (Å²) in [5.41, 5.74) is 3.14. The molecule has 2 aromatic carbocycles. The zero-order valence-electron chi connectivity index (χ0n) is 22.6. The summed E-state index contributed by atoms with van der Waals surface area (Å²) in [5, 5.41) is 5.36. The Morgan fingerprint density at radius 1 is 1.07 bits per heavy atom. The van der Waals surface area contributed by atoms with E-state index in [4.69, 9.17) is 27.9 Å². The van der Waals surface area contributed by atoms with E-state index in [1.165, 1.54) is 5.56 Å². The maximum atomic E-state index is 13.1. The molecule has 4 aromatic rings. The lowest BCUT2D eigenvalue weighted by Gasteiger charge is -2.36. The van der Waals surface area contributed by atoms with E-state index < -0.39 is 0 Å². The van der Waals surface area contributed by atoms with Gasteiger partial charge in [-0.05, 0) is 42.3 Å². The molecule has 0 saturated carbocycles. The van der Waals surface area contributed by atoms with Gasteiger partial charge in [0.2, 0.25) is 5.91 Å². The Bertz CT molecular complexity index is 1600. The average Bonchev–Trinajstić information content (AvgIpc) is 3.38. The highest BCUT2D eigenvalue weighted by atomic mass is 35.5. The first-order chi connectivity index (χ1) is 20.0. The maximum absolute atomic E-state index is 13.1. The van der Waals surface area contributed by atoms with Crippen molar-refractivity contribution in [3.63, 3.8) is 0 Å². The second-order valence-electron chi connectivity index (χ2n) is 10.0. The van der Waals surface area contributed by atoms with Crippen molar-refractivity contribution in [3.8, 4) is 5.75 Å². The second kappa shape index (κ2) is 12.2. The zero-order valence-corrected chi connectivity index (χ0v) is 25.0. The fourth-order valence-corrected chi connectivity index (χ4v) is 6.89. The molecule has 41 heavy (non-hydrogen) atoms. The number of aromatic nitrogens is 2. The molecule has 0 aliphatic carbocycles. The van der Waals surface area contributed by atoms with E-state index >= 15 is 0 Å². The lowest BCUT2D eigenvalue weighted by Crippen LogP contribution is -2.46. The molecule has 4 heterocycles. The minimum Gasteiger partial charge on any atom is -0.495 e. The van der Waals surface area contributed by atoms with Gasteiger partial charge in [0, 0.05) is 55.9 Å². The largest absolute Gasteiger partial charge is 0.495 e. The standard InChI is InChI=1S/C30H30Cl2N6O2S/c1-40-25-6-3-2-5-24(25)37-15-13-36(14-16-37)11-4-7-27(39)38-12-10-21-26(18-38)41-30-28(21)29(33-19-34-30)35-20-8-9-22(31)23(32)17-20/h2-9,17,19H,10-16,18H2,1H3,(H,33,34,35)/b7-4+. The lowest BCUT2D eigenvalue weighted by atomic mass is 10.0. The molecule has 212 valence electrons. The highest BCUT2D eigenvalue weighted by Crippen LogP contribution is 2.38. The molecular weight excluding hydrogens is 579 g/mol. The van der Waals surface area contributed by atoms with E-state index in [-0.39, 0.29) is 5.91 Å². The third kappa shape index (κ3) is 5.99. The molecule has 1 saturated heterocycles. The molecule has 6 rings (SSSR count). The van der Waals surface area contributed by atoms with Crippen molar-refractivity contribution in [2.45, 2.75) is 13.0 Å². The lowest BCUT2D eigenvalue weighted by molar-refractivity contribution is -0.126. The van der Waals surface area contributed by atoms with Crippen LogP contribution in [0.2, 0.25) is 10.0 Å². The van der Waals surface area contributed by atoms with E-state index in [1.54, 1.807) is 43.0 Å². The molecule has 0 bridgehead atoms. The number of para-hydroxylation sites is 2. The highest BCUT2D eigenvalue weighted by molar-refractivity contribution is 7.19. The van der Waals surface area contributed by atoms with Gasteiger partial charge >= 0.3 is 0 Å². The number of hydrogen-bond acceptors (Lipinski definition) is 8. The predicted molar refractivity (Wildman–Crippen MR) is 167 cm³/mol. The van der Waals surface area contributed by atoms with Crippen LogP contribution in [0.1, 0.15) is 10.4 Å². The predicted octanol–water partition coefficient (Wildman–Crippen LogP) is 6.01. The van der Waals surface area contributed by atoms with E-state index in [0.717, 1.165) is 77.2 Å². The number of carbonyl (C=O) groups excluding carboxylic acids is 1. The van der Waals surface area contributed by atoms with Gasteiger partial charge in [-0.15, -0.1) is 11.3 Å². The quantitative estimate of drug-likeness (QED) is 0.257. The molecule has 11 heteroatoms. The zero-order chi connectivity index (χ0) is 28.3. The minimum absolute atomic E-state index is 0.0426. The first kappa shape index (κ1) is 27.8. The summed E-state index contributed by atoms with van der Waals surface area (Å²) in [6.07, 6.45) is 6.03. The van der Waals surface area contributed by atoms with Crippen LogP contribution in [0.15, 0.2) is 60.9 Å². The Balaban J connectivity index is 1.06. The molecule has 1 fully saturated rings. The summed E-state index contributed by atoms with van der Waals surface area (Å²) in [6.45, 7) is 5.70. The number of fused-ring (bicyclic) bond motifs is 3. The number of thiophene rings is 1. The van der Waals surface area contributed by atoms with E-state index in [0.29, 0.717) is 23.1 Å². The third-order valence-electron chi connectivity index (χ3n) is 7.55. The number of piperazine rings is 1. The molecule has 0 radical (unpaired) electrons. The van der Waals surface area contributed by atoms with Crippen molar-refractivity contribution in [3.05, 3.63) is 81.4 Å². The van der Waals surface area contributed by atoms with Crippen molar-refractivity contribution in [1.29, 1.82) is 0 Å². The molecule has 1 amide bonds. The monoisotopic (exact) mass is 608 g/mol. The molecule has 0 spiro atoms. The minimum atomic E-state index is 0.0426. The van der Waals surface area contributed by atoms with Gasteiger partial charge in [-0.2, -0.15) is 0 Å². The average molecular weight is 610 g/mol. The number of benzene rings is 2. The van der Waals surface area contributed by atoms with Gasteiger partial charge in [0.25, 0.3) is 0 Å². The van der Waals surface area contributed by atoms with Crippen LogP contribution in [0.3, 0.4) is 0 Å². The molecule has 2 aromatic heterocycles. The summed E-state index contributed by atoms with van der Waals surface area (Å²) >= 11 is 13.9. The smallest absolute Gasteiger partial charge is 0.246 e. The normalized spacial score (nSPS) is 15.9. The molecule has 8 nitrogen and oxygen atoms in total. The van der Waals surface area contributed by atoms with E-state index in [9.17, 15) is 4.79 Å². The number of anilines is 3. The molecule has 2 aliphatic rings. The van der Waals surface area contributed by atoms with Crippen LogP contribution in [-0.2, 0) is 17.8 Å². The van der Waals surface area contributed by atoms with Crippen LogP contribution in [-0.4, -0.2) is 72.1 Å². The van der Waals surface area contributed by atoms with Gasteiger partial charge in [-0.25, -0.2) is 9.97 Å². The molecule has 2 aliphatic heterocycles. The Morgan fingerprint density at radius 2 is 1.90 bits per heavy atom. The fraction of sp³-hybridized carbons (Fsp3) is 0.300. The Kier molecular flexibility index (Phi) is 8.30. The maximum Gasteiger partial charge on any atom is 0.246 e. The van der Waals surface area contributed by atoms with Crippen LogP contribution in [0, 0.1) is 0 Å². The van der Waals surface area contributed by atoms with Crippen molar-refractivity contribution in [2.24, 2.45) is 0 Å². The van der Waals surface area contributed by atoms with Gasteiger partial charge in [0.15, 0.2) is 0 Å². The number of ether oxygens (including phenoxy) is 1. The summed E-state index contributed by atoms with van der Waals surface area (Å²) in [6, 6.07) is 13.5. The van der Waals surface area contributed by atoms with Gasteiger partial charge < -0.3 is 19.9 Å². The number of methoxy groups -OCH3 is 1.